The summed E-state index contributed by atoms with van der Waals surface area (Å²) in [5.41, 5.74) is 2.05. The average Bonchev–Trinajstić information content (AvgIpc) is 2.51. The van der Waals surface area contributed by atoms with E-state index in [0.29, 0.717) is 23.8 Å². The maximum Gasteiger partial charge on any atom is 0.272 e. The monoisotopic (exact) mass is 303 g/mol. The minimum atomic E-state index is -0.0516. The van der Waals surface area contributed by atoms with Gasteiger partial charge < -0.3 is 10.2 Å². The van der Waals surface area contributed by atoms with Crippen molar-refractivity contribution in [1.29, 1.82) is 0 Å². The molecule has 0 aliphatic carbocycles. The first kappa shape index (κ1) is 15.3. The number of aromatic nitrogens is 1. The van der Waals surface area contributed by atoms with Gasteiger partial charge in [-0.2, -0.15) is 0 Å². The number of hydrogen-bond acceptors (Lipinski definition) is 3. The zero-order valence-corrected chi connectivity index (χ0v) is 12.9. The molecule has 0 aliphatic heterocycles. The molecule has 110 valence electrons. The maximum atomic E-state index is 12.2. The number of amides is 1. The second kappa shape index (κ2) is 7.09. The lowest BCUT2D eigenvalue weighted by molar-refractivity contribution is 0.0767. The number of carbonyl (C=O) groups is 1. The lowest BCUT2D eigenvalue weighted by Gasteiger charge is -2.18. The van der Waals surface area contributed by atoms with E-state index in [4.69, 9.17) is 11.6 Å². The van der Waals surface area contributed by atoms with E-state index in [0.717, 1.165) is 11.4 Å². The van der Waals surface area contributed by atoms with E-state index >= 15 is 0 Å². The summed E-state index contributed by atoms with van der Waals surface area (Å²) in [6.07, 6.45) is 1.64. The molecule has 1 N–H and O–H groups in total. The van der Waals surface area contributed by atoms with Gasteiger partial charge in [-0.3, -0.25) is 4.79 Å². The molecule has 1 amide bonds. The zero-order chi connectivity index (χ0) is 15.2. The maximum absolute atomic E-state index is 12.2. The van der Waals surface area contributed by atoms with Gasteiger partial charge in [-0.1, -0.05) is 23.7 Å². The van der Waals surface area contributed by atoms with Crippen LogP contribution >= 0.6 is 11.6 Å². The lowest BCUT2D eigenvalue weighted by atomic mass is 10.2. The van der Waals surface area contributed by atoms with Crippen molar-refractivity contribution >= 4 is 28.9 Å². The number of nitrogens with zero attached hydrogens (tertiary/aromatic N) is 2. The predicted molar refractivity (Wildman–Crippen MR) is 86.2 cm³/mol. The molecule has 0 radical (unpaired) electrons. The third kappa shape index (κ3) is 3.73. The molecule has 2 aromatic rings. The summed E-state index contributed by atoms with van der Waals surface area (Å²) in [5.74, 6) is -0.0516. The Morgan fingerprint density at radius 3 is 2.48 bits per heavy atom. The van der Waals surface area contributed by atoms with Crippen LogP contribution in [0.3, 0.4) is 0 Å². The molecule has 2 rings (SSSR count). The van der Waals surface area contributed by atoms with Crippen molar-refractivity contribution in [3.05, 3.63) is 53.3 Å². The fraction of sp³-hybridized carbons (Fsp3) is 0.250. The average molecular weight is 304 g/mol. The second-order valence-electron chi connectivity index (χ2n) is 4.51. The van der Waals surface area contributed by atoms with Gasteiger partial charge >= 0.3 is 0 Å². The quantitative estimate of drug-likeness (QED) is 0.909. The minimum Gasteiger partial charge on any atom is -0.353 e. The normalized spacial score (nSPS) is 10.2. The minimum absolute atomic E-state index is 0.0516. The molecule has 1 heterocycles. The summed E-state index contributed by atoms with van der Waals surface area (Å²) in [6, 6.07) is 11.0. The number of rotatable bonds is 5. The molecule has 5 heteroatoms. The first-order valence-electron chi connectivity index (χ1n) is 6.92. The van der Waals surface area contributed by atoms with Crippen molar-refractivity contribution in [1.82, 2.24) is 9.88 Å². The van der Waals surface area contributed by atoms with Crippen molar-refractivity contribution in [2.24, 2.45) is 0 Å². The topological polar surface area (TPSA) is 45.2 Å². The van der Waals surface area contributed by atoms with E-state index in [1.54, 1.807) is 17.2 Å². The van der Waals surface area contributed by atoms with E-state index in [2.05, 4.69) is 10.3 Å². The Bertz CT molecular complexity index is 609. The van der Waals surface area contributed by atoms with Crippen molar-refractivity contribution in [2.45, 2.75) is 13.8 Å². The molecular weight excluding hydrogens is 286 g/mol. The van der Waals surface area contributed by atoms with Crippen LogP contribution in [0.2, 0.25) is 5.02 Å². The number of pyridine rings is 1. The molecule has 1 aromatic heterocycles. The third-order valence-corrected chi connectivity index (χ3v) is 3.52. The smallest absolute Gasteiger partial charge is 0.272 e. The van der Waals surface area contributed by atoms with Crippen molar-refractivity contribution < 1.29 is 4.79 Å². The Balaban J connectivity index is 2.12. The van der Waals surface area contributed by atoms with Crippen LogP contribution in [-0.2, 0) is 0 Å². The van der Waals surface area contributed by atoms with Gasteiger partial charge in [-0.25, -0.2) is 4.98 Å². The number of nitrogens with one attached hydrogen (secondary N) is 1. The van der Waals surface area contributed by atoms with Crippen LogP contribution in [0.4, 0.5) is 11.4 Å². The third-order valence-electron chi connectivity index (χ3n) is 3.19. The first-order valence-corrected chi connectivity index (χ1v) is 7.30. The molecular formula is C16H18ClN3O. The van der Waals surface area contributed by atoms with Crippen LogP contribution < -0.4 is 5.32 Å². The number of carbonyl (C=O) groups excluding carboxylic acids is 1. The molecule has 0 atom stereocenters. The van der Waals surface area contributed by atoms with Gasteiger partial charge in [0.1, 0.15) is 5.69 Å². The Labute approximate surface area is 129 Å². The van der Waals surface area contributed by atoms with Gasteiger partial charge in [0.05, 0.1) is 22.6 Å². The summed E-state index contributed by atoms with van der Waals surface area (Å²) in [4.78, 5) is 18.1. The van der Waals surface area contributed by atoms with Crippen molar-refractivity contribution in [2.75, 3.05) is 18.4 Å². The predicted octanol–water partition coefficient (Wildman–Crippen LogP) is 3.96. The Kier molecular flexibility index (Phi) is 5.17. The van der Waals surface area contributed by atoms with Crippen LogP contribution in [0.15, 0.2) is 42.6 Å². The Hall–Kier alpha value is -2.07. The van der Waals surface area contributed by atoms with Crippen LogP contribution in [-0.4, -0.2) is 28.9 Å². The lowest BCUT2D eigenvalue weighted by Crippen LogP contribution is -2.31. The molecule has 4 nitrogen and oxygen atoms in total. The fourth-order valence-electron chi connectivity index (χ4n) is 1.99. The first-order chi connectivity index (χ1) is 10.2. The van der Waals surface area contributed by atoms with Gasteiger partial charge in [-0.05, 0) is 38.1 Å². The number of halogens is 1. The van der Waals surface area contributed by atoms with Gasteiger partial charge in [-0.15, -0.1) is 0 Å². The molecule has 0 unspecified atom stereocenters. The summed E-state index contributed by atoms with van der Waals surface area (Å²) in [5, 5.41) is 3.82. The molecule has 21 heavy (non-hydrogen) atoms. The molecule has 0 fully saturated rings. The van der Waals surface area contributed by atoms with Crippen LogP contribution in [0.25, 0.3) is 0 Å². The highest BCUT2D eigenvalue weighted by Gasteiger charge is 2.13. The Morgan fingerprint density at radius 2 is 1.90 bits per heavy atom. The summed E-state index contributed by atoms with van der Waals surface area (Å²) < 4.78 is 0. The largest absolute Gasteiger partial charge is 0.353 e. The summed E-state index contributed by atoms with van der Waals surface area (Å²) in [7, 11) is 0. The Morgan fingerprint density at radius 1 is 1.19 bits per heavy atom. The number of benzene rings is 1. The van der Waals surface area contributed by atoms with Crippen LogP contribution in [0.1, 0.15) is 24.3 Å². The van der Waals surface area contributed by atoms with Crippen molar-refractivity contribution in [3.63, 3.8) is 0 Å². The highest BCUT2D eigenvalue weighted by Crippen LogP contribution is 2.24. The summed E-state index contributed by atoms with van der Waals surface area (Å²) >= 11 is 6.09. The number of anilines is 2. The number of hydrogen-bond donors (Lipinski definition) is 1. The van der Waals surface area contributed by atoms with Crippen molar-refractivity contribution in [3.8, 4) is 0 Å². The molecule has 1 aromatic carbocycles. The van der Waals surface area contributed by atoms with Crippen LogP contribution in [0, 0.1) is 0 Å². The number of para-hydroxylation sites is 1. The molecule has 0 aliphatic rings. The van der Waals surface area contributed by atoms with E-state index in [9.17, 15) is 4.79 Å². The van der Waals surface area contributed by atoms with Gasteiger partial charge in [0.25, 0.3) is 5.91 Å². The van der Waals surface area contributed by atoms with Gasteiger partial charge in [0.15, 0.2) is 0 Å². The molecule has 0 bridgehead atoms. The summed E-state index contributed by atoms with van der Waals surface area (Å²) in [6.45, 7) is 5.26. The highest BCUT2D eigenvalue weighted by atomic mass is 35.5. The highest BCUT2D eigenvalue weighted by molar-refractivity contribution is 6.33. The van der Waals surface area contributed by atoms with E-state index in [-0.39, 0.29) is 5.91 Å². The van der Waals surface area contributed by atoms with Crippen LogP contribution in [0.5, 0.6) is 0 Å². The fourth-order valence-corrected chi connectivity index (χ4v) is 2.17. The molecule has 0 spiro atoms. The van der Waals surface area contributed by atoms with E-state index < -0.39 is 0 Å². The second-order valence-corrected chi connectivity index (χ2v) is 4.92. The SMILES string of the molecule is CCN(CC)C(=O)c1ccc(Nc2ccccc2Cl)cn1. The van der Waals surface area contributed by atoms with E-state index in [1.165, 1.54) is 0 Å². The van der Waals surface area contributed by atoms with Gasteiger partial charge in [0, 0.05) is 13.1 Å². The zero-order valence-electron chi connectivity index (χ0n) is 12.1. The van der Waals surface area contributed by atoms with E-state index in [1.807, 2.05) is 44.2 Å². The molecule has 0 saturated heterocycles. The molecule has 0 saturated carbocycles. The standard InChI is InChI=1S/C16H18ClN3O/c1-3-20(4-2)16(21)15-10-9-12(11-18-15)19-14-8-6-5-7-13(14)17/h5-11,19H,3-4H2,1-2H3. The van der Waals surface area contributed by atoms with Gasteiger partial charge in [0.2, 0.25) is 0 Å².